The number of carboxylic acid groups (broad SMARTS) is 2. The summed E-state index contributed by atoms with van der Waals surface area (Å²) in [6.45, 7) is 14.8. The molecular weight excluding hydrogens is 1000 g/mol. The van der Waals surface area contributed by atoms with Crippen molar-refractivity contribution in [3.05, 3.63) is 0 Å². The molecule has 5 nitrogen and oxygen atoms in total. The molecule has 0 amide bonds. The van der Waals surface area contributed by atoms with Crippen molar-refractivity contribution < 1.29 is 24.0 Å². The Morgan fingerprint density at radius 1 is 0.183 bits per heavy atom. The number of hydrogen-bond acceptors (Lipinski definition) is 3. The van der Waals surface area contributed by atoms with Gasteiger partial charge in [-0.3, -0.25) is 0 Å². The average molecular weight is 1160 g/mol. The van der Waals surface area contributed by atoms with Crippen LogP contribution in [0.25, 0.3) is 0 Å². The molecular formula is C77H160N2O3. The van der Waals surface area contributed by atoms with E-state index in [1.165, 1.54) is 446 Å². The lowest BCUT2D eigenvalue weighted by atomic mass is 10.0. The first-order valence-corrected chi connectivity index (χ1v) is 38.5. The highest BCUT2D eigenvalue weighted by molar-refractivity contribution is 5.47. The van der Waals surface area contributed by atoms with Crippen LogP contribution in [-0.4, -0.2) is 69.5 Å². The van der Waals surface area contributed by atoms with E-state index in [9.17, 15) is 0 Å². The molecule has 0 aliphatic rings. The maximum atomic E-state index is 8.33. The summed E-state index contributed by atoms with van der Waals surface area (Å²) < 4.78 is 2.49. The number of hydrogen-bond donors (Lipinski definition) is 0. The number of rotatable bonds is 68. The molecule has 0 rings (SSSR count). The predicted octanol–water partition coefficient (Wildman–Crippen LogP) is 24.7. The van der Waals surface area contributed by atoms with Gasteiger partial charge in [-0.25, -0.2) is 0 Å². The molecule has 82 heavy (non-hydrogen) atoms. The van der Waals surface area contributed by atoms with E-state index < -0.39 is 6.16 Å². The van der Waals surface area contributed by atoms with Crippen LogP contribution in [0.4, 0.5) is 4.79 Å². The van der Waals surface area contributed by atoms with Crippen molar-refractivity contribution >= 4 is 6.16 Å². The van der Waals surface area contributed by atoms with Crippen molar-refractivity contribution in [1.82, 2.24) is 0 Å². The molecule has 0 aliphatic heterocycles. The number of carbonyl (C=O) groups excluding carboxylic acids is 1. The maximum absolute atomic E-state index is 8.33. The third-order valence-corrected chi connectivity index (χ3v) is 18.5. The van der Waals surface area contributed by atoms with Gasteiger partial charge in [0.2, 0.25) is 0 Å². The van der Waals surface area contributed by atoms with Gasteiger partial charge in [0.05, 0.1) is 54.4 Å². The van der Waals surface area contributed by atoms with E-state index in [-0.39, 0.29) is 0 Å². The van der Waals surface area contributed by atoms with E-state index in [1.54, 1.807) is 0 Å². The monoisotopic (exact) mass is 1160 g/mol. The van der Waals surface area contributed by atoms with E-state index in [0.29, 0.717) is 0 Å². The van der Waals surface area contributed by atoms with Crippen LogP contribution in [0.15, 0.2) is 0 Å². The molecule has 0 saturated heterocycles. The maximum Gasteiger partial charge on any atom is 0.0782 e. The second-order valence-corrected chi connectivity index (χ2v) is 28.2. The van der Waals surface area contributed by atoms with E-state index in [0.717, 1.165) is 0 Å². The fourth-order valence-corrected chi connectivity index (χ4v) is 12.6. The molecule has 0 bridgehead atoms. The minimum atomic E-state index is -2.33. The third kappa shape index (κ3) is 85.6. The first-order chi connectivity index (χ1) is 40.0. The number of quaternary nitrogens is 2. The third-order valence-electron chi connectivity index (χ3n) is 18.5. The van der Waals surface area contributed by atoms with Gasteiger partial charge < -0.3 is 24.0 Å². The predicted molar refractivity (Wildman–Crippen MR) is 367 cm³/mol. The quantitative estimate of drug-likeness (QED) is 0.0450. The lowest BCUT2D eigenvalue weighted by Crippen LogP contribution is -2.41. The summed E-state index contributed by atoms with van der Waals surface area (Å²) in [5.41, 5.74) is 0. The van der Waals surface area contributed by atoms with Gasteiger partial charge in [-0.15, -0.1) is 0 Å². The highest BCUT2D eigenvalue weighted by atomic mass is 16.6. The molecule has 0 fully saturated rings. The van der Waals surface area contributed by atoms with Gasteiger partial charge in [-0.1, -0.05) is 387 Å². The summed E-state index contributed by atoms with van der Waals surface area (Å²) >= 11 is 0. The molecule has 0 unspecified atom stereocenters. The summed E-state index contributed by atoms with van der Waals surface area (Å²) in [4.78, 5) is 8.33. The molecule has 5 heteroatoms. The molecule has 0 N–H and O–H groups in total. The van der Waals surface area contributed by atoms with Gasteiger partial charge >= 0.3 is 0 Å². The molecule has 0 saturated carbocycles. The van der Waals surface area contributed by atoms with Gasteiger partial charge in [0, 0.05) is 0 Å². The summed E-state index contributed by atoms with van der Waals surface area (Å²) in [6, 6.07) is 0. The Morgan fingerprint density at radius 3 is 0.341 bits per heavy atom. The summed E-state index contributed by atoms with van der Waals surface area (Å²) in [6.07, 6.45) is 91.5. The zero-order valence-corrected chi connectivity index (χ0v) is 58.7. The molecule has 0 aliphatic carbocycles. The average Bonchev–Trinajstić information content (AvgIpc) is 3.45. The van der Waals surface area contributed by atoms with Gasteiger partial charge in [0.25, 0.3) is 0 Å². The van der Waals surface area contributed by atoms with Gasteiger partial charge in [-0.05, 0) is 57.5 Å². The highest BCUT2D eigenvalue weighted by Gasteiger charge is 2.15. The van der Waals surface area contributed by atoms with Crippen molar-refractivity contribution in [3.8, 4) is 0 Å². The molecule has 496 valence electrons. The zero-order chi connectivity index (χ0) is 60.7. The minimum Gasteiger partial charge on any atom is -0.652 e. The second-order valence-electron chi connectivity index (χ2n) is 28.2. The van der Waals surface area contributed by atoms with Crippen molar-refractivity contribution in [2.45, 2.75) is 439 Å². The fourth-order valence-electron chi connectivity index (χ4n) is 12.6. The Kier molecular flexibility index (Phi) is 77.5. The van der Waals surface area contributed by atoms with Crippen LogP contribution in [0.5, 0.6) is 0 Å². The van der Waals surface area contributed by atoms with Crippen LogP contribution < -0.4 is 10.2 Å². The Morgan fingerprint density at radius 2 is 0.256 bits per heavy atom. The van der Waals surface area contributed by atoms with E-state index in [1.807, 2.05) is 0 Å². The summed E-state index contributed by atoms with van der Waals surface area (Å²) in [7, 11) is 9.87. The largest absolute Gasteiger partial charge is 0.652 e. The smallest absolute Gasteiger partial charge is 0.0782 e. The van der Waals surface area contributed by atoms with Gasteiger partial charge in [0.15, 0.2) is 0 Å². The number of unbranched alkanes of at least 4 members (excludes halogenated alkanes) is 60. The first kappa shape index (κ1) is 85.4. The summed E-state index contributed by atoms with van der Waals surface area (Å²) in [5.74, 6) is 0. The van der Waals surface area contributed by atoms with Crippen molar-refractivity contribution in [2.75, 3.05) is 54.4 Å². The molecule has 0 radical (unpaired) electrons. The minimum absolute atomic E-state index is 1.25. The Balaban J connectivity index is -0.00000143. The molecule has 0 aromatic rings. The first-order valence-electron chi connectivity index (χ1n) is 38.5. The second kappa shape index (κ2) is 74.4. The molecule has 0 spiro atoms. The van der Waals surface area contributed by atoms with Crippen LogP contribution >= 0.6 is 0 Å². The van der Waals surface area contributed by atoms with Crippen LogP contribution in [0.1, 0.15) is 439 Å². The van der Waals surface area contributed by atoms with E-state index in [2.05, 4.69) is 55.9 Å². The standard InChI is InChI=1S/2C38H80N.CH2O3/c2*1-5-7-9-11-13-15-17-19-21-23-25-27-29-31-33-35-37-39(3,4)38-36-34-32-30-28-26-24-22-20-18-16-14-12-10-8-6-2;2-1(3)4/h2*5-38H2,1-4H3;(H2,2,3,4)/q2*+1;/p-2. The van der Waals surface area contributed by atoms with Crippen LogP contribution in [0.3, 0.4) is 0 Å². The van der Waals surface area contributed by atoms with Crippen molar-refractivity contribution in [1.29, 1.82) is 0 Å². The Labute approximate surface area is 520 Å². The lowest BCUT2D eigenvalue weighted by molar-refractivity contribution is -0.890. The highest BCUT2D eigenvalue weighted by Crippen LogP contribution is 2.20. The normalized spacial score (nSPS) is 11.7. The van der Waals surface area contributed by atoms with Crippen molar-refractivity contribution in [3.63, 3.8) is 0 Å². The van der Waals surface area contributed by atoms with Crippen LogP contribution in [-0.2, 0) is 0 Å². The molecule has 0 aromatic carbocycles. The Bertz CT molecular complexity index is 965. The number of nitrogens with zero attached hydrogens (tertiary/aromatic N) is 2. The van der Waals surface area contributed by atoms with Gasteiger partial charge in [0.1, 0.15) is 0 Å². The van der Waals surface area contributed by atoms with E-state index in [4.69, 9.17) is 15.0 Å². The molecule has 0 heterocycles. The fraction of sp³-hybridized carbons (Fsp3) is 0.987. The van der Waals surface area contributed by atoms with Gasteiger partial charge in [-0.2, -0.15) is 0 Å². The number of carbonyl (C=O) groups is 1. The lowest BCUT2D eigenvalue weighted by Gasteiger charge is -2.30. The van der Waals surface area contributed by atoms with Crippen LogP contribution in [0.2, 0.25) is 0 Å². The van der Waals surface area contributed by atoms with E-state index >= 15 is 0 Å². The summed E-state index contributed by atoms with van der Waals surface area (Å²) in [5, 5.41) is 16.7. The molecule has 0 atom stereocenters. The van der Waals surface area contributed by atoms with Crippen molar-refractivity contribution in [2.24, 2.45) is 0 Å². The SMILES string of the molecule is CCCCCCCCCCCCCCCCCC[N+](C)(C)CCCCCCCCCCCCCCCCCC.CCCCCCCCCCCCCCCCCC[N+](C)(C)CCCCCCCCCCCCCCCCCC.O=C([O-])[O-]. The zero-order valence-electron chi connectivity index (χ0n) is 58.7. The topological polar surface area (TPSA) is 63.2 Å². The van der Waals surface area contributed by atoms with Crippen LogP contribution in [0, 0.1) is 0 Å². The molecule has 0 aromatic heterocycles. The Hall–Kier alpha value is -0.810.